The molecule has 23 heavy (non-hydrogen) atoms. The number of thiophene rings is 1. The van der Waals surface area contributed by atoms with Gasteiger partial charge in [0, 0.05) is 9.90 Å². The topological polar surface area (TPSA) is 34.9 Å². The zero-order valence-corrected chi connectivity index (χ0v) is 14.5. The molecule has 118 valence electrons. The van der Waals surface area contributed by atoms with Crippen molar-refractivity contribution in [3.63, 3.8) is 0 Å². The number of aryl methyl sites for hydroxylation is 1. The summed E-state index contributed by atoms with van der Waals surface area (Å²) in [5, 5.41) is 1.51. The fourth-order valence-electron chi connectivity index (χ4n) is 3.29. The highest BCUT2D eigenvalue weighted by molar-refractivity contribution is 7.18. The molecule has 2 aromatic heterocycles. The van der Waals surface area contributed by atoms with Crippen molar-refractivity contribution >= 4 is 33.2 Å². The predicted molar refractivity (Wildman–Crippen MR) is 95.6 cm³/mol. The van der Waals surface area contributed by atoms with E-state index >= 15 is 0 Å². The van der Waals surface area contributed by atoms with Crippen LogP contribution in [0.2, 0.25) is 5.02 Å². The highest BCUT2D eigenvalue weighted by Crippen LogP contribution is 2.35. The van der Waals surface area contributed by atoms with E-state index in [1.54, 1.807) is 22.2 Å². The molecule has 0 saturated heterocycles. The van der Waals surface area contributed by atoms with Crippen LogP contribution in [-0.4, -0.2) is 9.55 Å². The van der Waals surface area contributed by atoms with Crippen molar-refractivity contribution in [2.45, 2.75) is 32.7 Å². The Labute approximate surface area is 143 Å². The second kappa shape index (κ2) is 5.77. The van der Waals surface area contributed by atoms with Crippen LogP contribution in [0.15, 0.2) is 35.4 Å². The van der Waals surface area contributed by atoms with Crippen molar-refractivity contribution in [2.75, 3.05) is 0 Å². The molecule has 0 N–H and O–H groups in total. The first-order chi connectivity index (χ1) is 11.1. The number of aromatic nitrogens is 2. The van der Waals surface area contributed by atoms with Gasteiger partial charge in [0.2, 0.25) is 0 Å². The van der Waals surface area contributed by atoms with Crippen LogP contribution in [0.4, 0.5) is 0 Å². The van der Waals surface area contributed by atoms with Crippen molar-refractivity contribution in [3.05, 3.63) is 62.0 Å². The van der Waals surface area contributed by atoms with Crippen LogP contribution in [0.5, 0.6) is 0 Å². The molecule has 0 fully saturated rings. The molecule has 3 aromatic rings. The van der Waals surface area contributed by atoms with Crippen LogP contribution in [0, 0.1) is 5.92 Å². The Morgan fingerprint density at radius 2 is 2.22 bits per heavy atom. The number of fused-ring (bicyclic) bond motifs is 3. The highest BCUT2D eigenvalue weighted by atomic mass is 35.5. The van der Waals surface area contributed by atoms with Crippen LogP contribution >= 0.6 is 22.9 Å². The summed E-state index contributed by atoms with van der Waals surface area (Å²) in [7, 11) is 0. The summed E-state index contributed by atoms with van der Waals surface area (Å²) in [4.78, 5) is 19.7. The second-order valence-electron chi connectivity index (χ2n) is 6.30. The molecular weight excluding hydrogens is 328 g/mol. The van der Waals surface area contributed by atoms with Gasteiger partial charge < -0.3 is 0 Å². The summed E-state index contributed by atoms with van der Waals surface area (Å²) >= 11 is 7.91. The minimum Gasteiger partial charge on any atom is -0.294 e. The molecule has 0 unspecified atom stereocenters. The van der Waals surface area contributed by atoms with Gasteiger partial charge in [-0.2, -0.15) is 0 Å². The Balaban J connectivity index is 1.82. The Morgan fingerprint density at radius 3 is 3.04 bits per heavy atom. The molecule has 0 saturated carbocycles. The lowest BCUT2D eigenvalue weighted by Gasteiger charge is -2.17. The minimum atomic E-state index is 0.0574. The van der Waals surface area contributed by atoms with Gasteiger partial charge in [0.1, 0.15) is 4.83 Å². The number of rotatable bonds is 2. The van der Waals surface area contributed by atoms with Gasteiger partial charge >= 0.3 is 0 Å². The lowest BCUT2D eigenvalue weighted by atomic mass is 9.89. The van der Waals surface area contributed by atoms with E-state index in [0.29, 0.717) is 17.5 Å². The molecule has 0 amide bonds. The molecule has 4 rings (SSSR count). The van der Waals surface area contributed by atoms with Gasteiger partial charge in [-0.1, -0.05) is 36.7 Å². The molecule has 1 aliphatic rings. The van der Waals surface area contributed by atoms with Crippen molar-refractivity contribution in [1.29, 1.82) is 0 Å². The van der Waals surface area contributed by atoms with E-state index in [1.807, 2.05) is 24.3 Å². The lowest BCUT2D eigenvalue weighted by molar-refractivity contribution is 0.509. The quantitative estimate of drug-likeness (QED) is 0.695. The molecule has 0 bridgehead atoms. The Morgan fingerprint density at radius 1 is 1.39 bits per heavy atom. The van der Waals surface area contributed by atoms with Crippen molar-refractivity contribution in [2.24, 2.45) is 5.92 Å². The summed E-state index contributed by atoms with van der Waals surface area (Å²) in [6.45, 7) is 2.74. The smallest absolute Gasteiger partial charge is 0.262 e. The normalized spacial score (nSPS) is 17.4. The van der Waals surface area contributed by atoms with Gasteiger partial charge in [0.25, 0.3) is 5.56 Å². The third-order valence-electron chi connectivity index (χ3n) is 4.58. The van der Waals surface area contributed by atoms with Crippen LogP contribution < -0.4 is 5.56 Å². The Hall–Kier alpha value is -1.65. The standard InChI is InChI=1S/C18H17ClN2OS/c1-11-6-7-13-15(8-11)23-17-16(13)18(22)21(10-20-17)9-12-4-2-3-5-14(12)19/h2-5,10-11H,6-9H2,1H3/t11-/m1/s1. The molecule has 0 radical (unpaired) electrons. The number of hydrogen-bond acceptors (Lipinski definition) is 3. The second-order valence-corrected chi connectivity index (χ2v) is 7.79. The number of benzene rings is 1. The van der Waals surface area contributed by atoms with Gasteiger partial charge in [-0.25, -0.2) is 4.98 Å². The predicted octanol–water partition coefficient (Wildman–Crippen LogP) is 4.28. The highest BCUT2D eigenvalue weighted by Gasteiger charge is 2.23. The van der Waals surface area contributed by atoms with Gasteiger partial charge in [-0.15, -0.1) is 11.3 Å². The maximum atomic E-state index is 12.9. The van der Waals surface area contributed by atoms with E-state index in [4.69, 9.17) is 11.6 Å². The summed E-state index contributed by atoms with van der Waals surface area (Å²) in [5.41, 5.74) is 2.23. The summed E-state index contributed by atoms with van der Waals surface area (Å²) in [5.74, 6) is 0.695. The molecule has 0 spiro atoms. The summed E-state index contributed by atoms with van der Waals surface area (Å²) in [6, 6.07) is 7.63. The zero-order chi connectivity index (χ0) is 16.0. The average molecular weight is 345 g/mol. The van der Waals surface area contributed by atoms with Crippen molar-refractivity contribution < 1.29 is 0 Å². The fourth-order valence-corrected chi connectivity index (χ4v) is 4.83. The van der Waals surface area contributed by atoms with Gasteiger partial charge in [-0.05, 0) is 42.4 Å². The van der Waals surface area contributed by atoms with E-state index in [0.717, 1.165) is 35.0 Å². The lowest BCUT2D eigenvalue weighted by Crippen LogP contribution is -2.22. The van der Waals surface area contributed by atoms with Crippen LogP contribution in [0.25, 0.3) is 10.2 Å². The molecule has 1 aliphatic carbocycles. The Bertz CT molecular complexity index is 944. The zero-order valence-electron chi connectivity index (χ0n) is 12.9. The molecule has 5 heteroatoms. The number of hydrogen-bond donors (Lipinski definition) is 0. The fraction of sp³-hybridized carbons (Fsp3) is 0.333. The molecule has 1 atom stereocenters. The number of nitrogens with zero attached hydrogens (tertiary/aromatic N) is 2. The maximum absolute atomic E-state index is 12.9. The maximum Gasteiger partial charge on any atom is 0.262 e. The van der Waals surface area contributed by atoms with Crippen LogP contribution in [0.3, 0.4) is 0 Å². The first kappa shape index (κ1) is 14.9. The first-order valence-corrected chi connectivity index (χ1v) is 9.06. The summed E-state index contributed by atoms with van der Waals surface area (Å²) < 4.78 is 1.68. The van der Waals surface area contributed by atoms with Crippen molar-refractivity contribution in [3.8, 4) is 0 Å². The molecular formula is C18H17ClN2OS. The first-order valence-electron chi connectivity index (χ1n) is 7.86. The van der Waals surface area contributed by atoms with E-state index in [9.17, 15) is 4.79 Å². The van der Waals surface area contributed by atoms with Crippen molar-refractivity contribution in [1.82, 2.24) is 9.55 Å². The SMILES string of the molecule is C[C@@H]1CCc2c(sc3ncn(Cc4ccccc4Cl)c(=O)c23)C1. The van der Waals surface area contributed by atoms with Crippen LogP contribution in [-0.2, 0) is 19.4 Å². The van der Waals surface area contributed by atoms with Gasteiger partial charge in [0.05, 0.1) is 18.3 Å². The largest absolute Gasteiger partial charge is 0.294 e. The van der Waals surface area contributed by atoms with E-state index in [-0.39, 0.29) is 5.56 Å². The molecule has 0 aliphatic heterocycles. The van der Waals surface area contributed by atoms with E-state index in [1.165, 1.54) is 10.4 Å². The third kappa shape index (κ3) is 2.60. The van der Waals surface area contributed by atoms with Gasteiger partial charge in [0.15, 0.2) is 0 Å². The van der Waals surface area contributed by atoms with E-state index < -0.39 is 0 Å². The minimum absolute atomic E-state index is 0.0574. The monoisotopic (exact) mass is 344 g/mol. The van der Waals surface area contributed by atoms with Crippen LogP contribution in [0.1, 0.15) is 29.3 Å². The Kier molecular flexibility index (Phi) is 3.74. The third-order valence-corrected chi connectivity index (χ3v) is 6.11. The number of halogens is 1. The summed E-state index contributed by atoms with van der Waals surface area (Å²) in [6.07, 6.45) is 4.86. The molecule has 1 aromatic carbocycles. The van der Waals surface area contributed by atoms with Gasteiger partial charge in [-0.3, -0.25) is 9.36 Å². The molecule has 3 nitrogen and oxygen atoms in total. The van der Waals surface area contributed by atoms with E-state index in [2.05, 4.69) is 11.9 Å². The molecule has 2 heterocycles. The average Bonchev–Trinajstić information content (AvgIpc) is 2.90.